The number of carbonyl (C=O) groups is 6. The molecule has 1 aliphatic heterocycles. The molecular formula is C46H68N2O10S. The minimum Gasteiger partial charge on any atom is -0.482 e. The number of nitrogens with one attached hydrogen (secondary N) is 1. The lowest BCUT2D eigenvalue weighted by Crippen LogP contribution is -2.42. The van der Waals surface area contributed by atoms with E-state index in [4.69, 9.17) is 9.47 Å². The van der Waals surface area contributed by atoms with Gasteiger partial charge in [0.25, 0.3) is 0 Å². The Hall–Kier alpha value is -3.45. The second-order valence-corrected chi connectivity index (χ2v) is 18.6. The predicted octanol–water partition coefficient (Wildman–Crippen LogP) is 6.85. The number of ketones is 1. The van der Waals surface area contributed by atoms with E-state index >= 15 is 0 Å². The van der Waals surface area contributed by atoms with Crippen LogP contribution in [0.4, 0.5) is 0 Å². The Kier molecular flexibility index (Phi) is 18.6. The van der Waals surface area contributed by atoms with E-state index in [9.17, 15) is 39.0 Å². The minimum absolute atomic E-state index is 0.0443. The molecule has 0 radical (unpaired) electrons. The molecule has 5 rings (SSSR count). The van der Waals surface area contributed by atoms with E-state index in [0.717, 1.165) is 100 Å². The summed E-state index contributed by atoms with van der Waals surface area (Å²) < 4.78 is 12.2. The minimum atomic E-state index is -1.02. The standard InChI is InChI=1S/C46H68N2O10S/c1-3-5-8-15-33(50)19-20-34-37-25-30-14-13-18-39(57-29-43(52)53)38(30)26-31(37)27-40(34)58-46(56)36-17-10-9-16-35(36)44(54)47-22-11-6-7-12-24-59-41-28-42(51)48(45(41)55)23-21-32(49)4-2/h13-14,18,31,33-37,40-41,50H,3-12,15-17,19-29H2,1-2H3,(H,47,54)(H,52,53)/t31-,33-,34+,35?,36?,37-,40+,41?/m0/s1. The van der Waals surface area contributed by atoms with Gasteiger partial charge in [-0.3, -0.25) is 28.9 Å². The molecule has 1 saturated heterocycles. The third kappa shape index (κ3) is 13.3. The number of ether oxygens (including phenoxy) is 2. The van der Waals surface area contributed by atoms with Crippen molar-refractivity contribution in [3.8, 4) is 5.75 Å². The largest absolute Gasteiger partial charge is 0.482 e. The molecule has 0 bridgehead atoms. The van der Waals surface area contributed by atoms with E-state index in [1.807, 2.05) is 12.1 Å². The highest BCUT2D eigenvalue weighted by Gasteiger charge is 2.48. The SMILES string of the molecule is CCCCC[C@H](O)CC[C@@H]1[C@H]2Cc3cccc(OCC(=O)O)c3C[C@H]2C[C@H]1OC(=O)C1CCCCC1C(=O)NCCCCCCSC1CC(=O)N(CCC(=O)CC)C1=O. The average molecular weight is 841 g/mol. The van der Waals surface area contributed by atoms with E-state index < -0.39 is 30.5 Å². The number of benzene rings is 1. The molecule has 3 fully saturated rings. The van der Waals surface area contributed by atoms with E-state index in [2.05, 4.69) is 18.3 Å². The quantitative estimate of drug-likeness (QED) is 0.0534. The van der Waals surface area contributed by atoms with Gasteiger partial charge < -0.3 is 25.0 Å². The molecule has 0 spiro atoms. The van der Waals surface area contributed by atoms with Crippen LogP contribution in [0.3, 0.4) is 0 Å². The van der Waals surface area contributed by atoms with Gasteiger partial charge in [0, 0.05) is 32.4 Å². The lowest BCUT2D eigenvalue weighted by atomic mass is 9.73. The molecule has 59 heavy (non-hydrogen) atoms. The van der Waals surface area contributed by atoms with Crippen molar-refractivity contribution in [1.29, 1.82) is 0 Å². The van der Waals surface area contributed by atoms with Crippen LogP contribution in [0.2, 0.25) is 0 Å². The maximum atomic E-state index is 14.1. The highest BCUT2D eigenvalue weighted by molar-refractivity contribution is 8.00. The molecule has 3 aliphatic carbocycles. The Bertz CT molecular complexity index is 1600. The molecule has 3 N–H and O–H groups in total. The zero-order valence-corrected chi connectivity index (χ0v) is 36.2. The number of aliphatic hydroxyl groups excluding tert-OH is 1. The number of hydrogen-bond acceptors (Lipinski definition) is 10. The van der Waals surface area contributed by atoms with Crippen LogP contribution in [-0.4, -0.2) is 93.5 Å². The third-order valence-corrected chi connectivity index (χ3v) is 14.5. The van der Waals surface area contributed by atoms with Crippen LogP contribution in [0, 0.1) is 29.6 Å². The van der Waals surface area contributed by atoms with E-state index in [0.29, 0.717) is 44.4 Å². The molecule has 8 atom stereocenters. The van der Waals surface area contributed by atoms with E-state index in [1.165, 1.54) is 16.7 Å². The molecule has 3 unspecified atom stereocenters. The number of imide groups is 1. The predicted molar refractivity (Wildman–Crippen MR) is 226 cm³/mol. The van der Waals surface area contributed by atoms with Crippen LogP contribution in [0.1, 0.15) is 141 Å². The number of likely N-dealkylation sites (tertiary alicyclic amines) is 1. The number of aliphatic hydroxyl groups is 1. The van der Waals surface area contributed by atoms with E-state index in [-0.39, 0.29) is 78.0 Å². The fourth-order valence-electron chi connectivity index (χ4n) is 9.89. The summed E-state index contributed by atoms with van der Waals surface area (Å²) in [5.41, 5.74) is 2.17. The first kappa shape index (κ1) is 46.6. The van der Waals surface area contributed by atoms with Gasteiger partial charge in [-0.1, -0.05) is 70.9 Å². The average Bonchev–Trinajstić information content (AvgIpc) is 3.70. The second kappa shape index (κ2) is 23.5. The molecule has 0 aromatic heterocycles. The maximum absolute atomic E-state index is 14.1. The van der Waals surface area contributed by atoms with Gasteiger partial charge in [0.05, 0.1) is 23.2 Å². The van der Waals surface area contributed by atoms with Gasteiger partial charge in [-0.05, 0) is 105 Å². The van der Waals surface area contributed by atoms with Crippen molar-refractivity contribution in [2.45, 2.75) is 160 Å². The van der Waals surface area contributed by atoms with Gasteiger partial charge in [0.1, 0.15) is 17.6 Å². The summed E-state index contributed by atoms with van der Waals surface area (Å²) in [5.74, 6) is -0.730. The first-order chi connectivity index (χ1) is 28.5. The zero-order chi connectivity index (χ0) is 42.3. The number of nitrogens with zero attached hydrogens (tertiary/aromatic N) is 1. The molecular weight excluding hydrogens is 773 g/mol. The molecule has 328 valence electrons. The second-order valence-electron chi connectivity index (χ2n) is 17.3. The van der Waals surface area contributed by atoms with Crippen molar-refractivity contribution >= 4 is 47.2 Å². The Morgan fingerprint density at radius 1 is 0.949 bits per heavy atom. The summed E-state index contributed by atoms with van der Waals surface area (Å²) in [4.78, 5) is 76.8. The van der Waals surface area contributed by atoms with Gasteiger partial charge in [0.15, 0.2) is 6.61 Å². The summed E-state index contributed by atoms with van der Waals surface area (Å²) in [6, 6.07) is 5.82. The summed E-state index contributed by atoms with van der Waals surface area (Å²) in [6.45, 7) is 4.23. The number of Topliss-reactive ketones (excluding diaryl/α,β-unsaturated/α-hetero) is 1. The molecule has 3 amide bonds. The first-order valence-corrected chi connectivity index (χ1v) is 23.6. The Morgan fingerprint density at radius 2 is 1.73 bits per heavy atom. The number of thioether (sulfide) groups is 1. The molecule has 12 nitrogen and oxygen atoms in total. The summed E-state index contributed by atoms with van der Waals surface area (Å²) >= 11 is 1.51. The fourth-order valence-corrected chi connectivity index (χ4v) is 11.1. The van der Waals surface area contributed by atoms with Crippen LogP contribution in [-0.2, 0) is 46.3 Å². The van der Waals surface area contributed by atoms with Gasteiger partial charge in [-0.15, -0.1) is 11.8 Å². The lowest BCUT2D eigenvalue weighted by Gasteiger charge is -2.33. The van der Waals surface area contributed by atoms with Crippen molar-refractivity contribution < 1.29 is 48.5 Å². The molecule has 1 heterocycles. The Labute approximate surface area is 354 Å². The number of amides is 3. The number of fused-ring (bicyclic) bond motifs is 2. The maximum Gasteiger partial charge on any atom is 0.341 e. The Morgan fingerprint density at radius 3 is 2.49 bits per heavy atom. The van der Waals surface area contributed by atoms with Gasteiger partial charge in [-0.25, -0.2) is 4.79 Å². The van der Waals surface area contributed by atoms with Crippen molar-refractivity contribution in [3.63, 3.8) is 0 Å². The fraction of sp³-hybridized carbons (Fsp3) is 0.739. The molecule has 1 aromatic carbocycles. The van der Waals surface area contributed by atoms with Crippen LogP contribution in [0.15, 0.2) is 18.2 Å². The highest BCUT2D eigenvalue weighted by Crippen LogP contribution is 2.50. The van der Waals surface area contributed by atoms with Crippen LogP contribution in [0.5, 0.6) is 5.75 Å². The van der Waals surface area contributed by atoms with Crippen LogP contribution >= 0.6 is 11.8 Å². The van der Waals surface area contributed by atoms with Crippen molar-refractivity contribution in [2.75, 3.05) is 25.4 Å². The number of unbranched alkanes of at least 4 members (excludes halogenated alkanes) is 5. The van der Waals surface area contributed by atoms with E-state index in [1.54, 1.807) is 6.92 Å². The molecule has 4 aliphatic rings. The third-order valence-electron chi connectivity index (χ3n) is 13.2. The molecule has 2 saturated carbocycles. The molecule has 1 aromatic rings. The number of hydrogen-bond donors (Lipinski definition) is 3. The monoisotopic (exact) mass is 840 g/mol. The van der Waals surface area contributed by atoms with Crippen molar-refractivity contribution in [2.24, 2.45) is 29.6 Å². The highest BCUT2D eigenvalue weighted by atomic mass is 32.2. The van der Waals surface area contributed by atoms with Crippen molar-refractivity contribution in [1.82, 2.24) is 10.2 Å². The topological polar surface area (TPSA) is 177 Å². The summed E-state index contributed by atoms with van der Waals surface area (Å²) in [5, 5.41) is 22.9. The van der Waals surface area contributed by atoms with Gasteiger partial charge >= 0.3 is 11.9 Å². The van der Waals surface area contributed by atoms with Gasteiger partial charge in [-0.2, -0.15) is 0 Å². The number of carboxylic acid groups (broad SMARTS) is 1. The van der Waals surface area contributed by atoms with Crippen LogP contribution in [0.25, 0.3) is 0 Å². The number of carboxylic acids is 1. The smallest absolute Gasteiger partial charge is 0.341 e. The zero-order valence-electron chi connectivity index (χ0n) is 35.3. The van der Waals surface area contributed by atoms with Crippen LogP contribution < -0.4 is 10.1 Å². The Balaban J connectivity index is 1.09. The summed E-state index contributed by atoms with van der Waals surface area (Å²) in [6.07, 6.45) is 14.2. The number of aliphatic carboxylic acids is 1. The van der Waals surface area contributed by atoms with Gasteiger partial charge in [0.2, 0.25) is 17.7 Å². The summed E-state index contributed by atoms with van der Waals surface area (Å²) in [7, 11) is 0. The molecule has 13 heteroatoms. The lowest BCUT2D eigenvalue weighted by molar-refractivity contribution is -0.162. The normalized spacial score (nSPS) is 25.6. The number of rotatable bonds is 25. The number of carbonyl (C=O) groups excluding carboxylic acids is 5. The first-order valence-electron chi connectivity index (χ1n) is 22.6. The number of esters is 1. The van der Waals surface area contributed by atoms with Crippen molar-refractivity contribution in [3.05, 3.63) is 29.3 Å².